The van der Waals surface area contributed by atoms with E-state index in [4.69, 9.17) is 4.84 Å². The first-order chi connectivity index (χ1) is 7.33. The number of unbranched alkanes of at least 4 members (excludes halogenated alkanes) is 2. The molecule has 1 aromatic rings. The number of hydrogen-bond acceptors (Lipinski definition) is 2. The predicted octanol–water partition coefficient (Wildman–Crippen LogP) is 3.52. The Hall–Kier alpha value is -1.38. The minimum atomic E-state index is -0.231. The van der Waals surface area contributed by atoms with Crippen LogP contribution >= 0.6 is 0 Å². The Morgan fingerprint density at radius 2 is 2.07 bits per heavy atom. The lowest BCUT2D eigenvalue weighted by Crippen LogP contribution is -1.87. The van der Waals surface area contributed by atoms with E-state index in [9.17, 15) is 4.39 Å². The average molecular weight is 209 g/mol. The van der Waals surface area contributed by atoms with Crippen LogP contribution in [0.2, 0.25) is 0 Å². The highest BCUT2D eigenvalue weighted by atomic mass is 19.1. The standard InChI is InChI=1S/C12H16FNO/c1-2-3-4-9-14-15-10-11-5-7-12(13)8-6-11/h5-9H,2-4,10H2,1H3. The number of benzene rings is 1. The van der Waals surface area contributed by atoms with Gasteiger partial charge in [0, 0.05) is 6.21 Å². The van der Waals surface area contributed by atoms with E-state index in [1.165, 1.54) is 12.1 Å². The molecule has 0 N–H and O–H groups in total. The summed E-state index contributed by atoms with van der Waals surface area (Å²) in [6.45, 7) is 2.52. The van der Waals surface area contributed by atoms with E-state index in [1.54, 1.807) is 18.3 Å². The monoisotopic (exact) mass is 209 g/mol. The van der Waals surface area contributed by atoms with Gasteiger partial charge in [-0.1, -0.05) is 30.6 Å². The minimum Gasteiger partial charge on any atom is -0.391 e. The Bertz CT molecular complexity index is 295. The third kappa shape index (κ3) is 5.15. The predicted molar refractivity (Wildman–Crippen MR) is 59.2 cm³/mol. The molecule has 15 heavy (non-hydrogen) atoms. The summed E-state index contributed by atoms with van der Waals surface area (Å²) >= 11 is 0. The Kier molecular flexibility index (Phi) is 5.44. The largest absolute Gasteiger partial charge is 0.391 e. The van der Waals surface area contributed by atoms with E-state index in [0.29, 0.717) is 6.61 Å². The second-order valence-electron chi connectivity index (χ2n) is 3.33. The van der Waals surface area contributed by atoms with Crippen LogP contribution in [0.15, 0.2) is 29.4 Å². The van der Waals surface area contributed by atoms with Gasteiger partial charge >= 0.3 is 0 Å². The van der Waals surface area contributed by atoms with Crippen molar-refractivity contribution in [3.8, 4) is 0 Å². The van der Waals surface area contributed by atoms with Gasteiger partial charge in [-0.3, -0.25) is 0 Å². The van der Waals surface area contributed by atoms with E-state index in [1.807, 2.05) is 0 Å². The molecule has 0 atom stereocenters. The van der Waals surface area contributed by atoms with Gasteiger partial charge in [0.2, 0.25) is 0 Å². The van der Waals surface area contributed by atoms with Crippen LogP contribution in [0.1, 0.15) is 31.7 Å². The molecule has 0 aliphatic carbocycles. The van der Waals surface area contributed by atoms with Crippen molar-refractivity contribution in [3.05, 3.63) is 35.6 Å². The summed E-state index contributed by atoms with van der Waals surface area (Å²) in [5, 5.41) is 3.81. The van der Waals surface area contributed by atoms with Gasteiger partial charge in [-0.05, 0) is 30.5 Å². The first kappa shape index (κ1) is 11.7. The Labute approximate surface area is 89.7 Å². The summed E-state index contributed by atoms with van der Waals surface area (Å²) < 4.78 is 12.5. The first-order valence-corrected chi connectivity index (χ1v) is 5.21. The zero-order valence-corrected chi connectivity index (χ0v) is 8.95. The second-order valence-corrected chi connectivity index (χ2v) is 3.33. The van der Waals surface area contributed by atoms with E-state index in [2.05, 4.69) is 12.1 Å². The zero-order valence-electron chi connectivity index (χ0n) is 8.95. The average Bonchev–Trinajstić information content (AvgIpc) is 2.26. The molecule has 0 bridgehead atoms. The SMILES string of the molecule is CCCCC=NOCc1ccc(F)cc1. The number of oxime groups is 1. The first-order valence-electron chi connectivity index (χ1n) is 5.21. The molecule has 0 spiro atoms. The van der Waals surface area contributed by atoms with Crippen molar-refractivity contribution in [2.45, 2.75) is 32.8 Å². The van der Waals surface area contributed by atoms with Gasteiger partial charge in [-0.2, -0.15) is 0 Å². The third-order valence-electron chi connectivity index (χ3n) is 1.98. The molecule has 1 rings (SSSR count). The fraction of sp³-hybridized carbons (Fsp3) is 0.417. The summed E-state index contributed by atoms with van der Waals surface area (Å²) in [5.41, 5.74) is 0.920. The van der Waals surface area contributed by atoms with Crippen molar-refractivity contribution in [1.82, 2.24) is 0 Å². The molecule has 0 fully saturated rings. The zero-order chi connectivity index (χ0) is 10.9. The number of nitrogens with zero attached hydrogens (tertiary/aromatic N) is 1. The molecule has 0 saturated carbocycles. The van der Waals surface area contributed by atoms with Gasteiger partial charge in [0.1, 0.15) is 12.4 Å². The molecular weight excluding hydrogens is 193 g/mol. The van der Waals surface area contributed by atoms with Crippen molar-refractivity contribution in [2.75, 3.05) is 0 Å². The minimum absolute atomic E-state index is 0.231. The maximum Gasteiger partial charge on any atom is 0.142 e. The third-order valence-corrected chi connectivity index (χ3v) is 1.98. The van der Waals surface area contributed by atoms with Crippen molar-refractivity contribution in [3.63, 3.8) is 0 Å². The molecule has 0 aliphatic rings. The molecule has 0 unspecified atom stereocenters. The molecule has 82 valence electrons. The van der Waals surface area contributed by atoms with E-state index in [0.717, 1.165) is 24.8 Å². The molecule has 0 amide bonds. The molecule has 2 nitrogen and oxygen atoms in total. The van der Waals surface area contributed by atoms with E-state index < -0.39 is 0 Å². The molecule has 1 aromatic carbocycles. The molecule has 0 aliphatic heterocycles. The van der Waals surface area contributed by atoms with Crippen LogP contribution in [-0.2, 0) is 11.4 Å². The van der Waals surface area contributed by atoms with Gasteiger partial charge in [0.25, 0.3) is 0 Å². The number of halogens is 1. The number of hydrogen-bond donors (Lipinski definition) is 0. The van der Waals surface area contributed by atoms with Crippen molar-refractivity contribution in [2.24, 2.45) is 5.16 Å². The van der Waals surface area contributed by atoms with E-state index >= 15 is 0 Å². The van der Waals surface area contributed by atoms with Gasteiger partial charge in [0.15, 0.2) is 0 Å². The summed E-state index contributed by atoms with van der Waals surface area (Å²) in [6.07, 6.45) is 5.00. The van der Waals surface area contributed by atoms with Crippen LogP contribution in [0.5, 0.6) is 0 Å². The summed E-state index contributed by atoms with van der Waals surface area (Å²) in [4.78, 5) is 5.05. The molecule has 0 saturated heterocycles. The lowest BCUT2D eigenvalue weighted by molar-refractivity contribution is 0.131. The molecule has 0 heterocycles. The Morgan fingerprint density at radius 1 is 1.33 bits per heavy atom. The number of rotatable bonds is 6. The highest BCUT2D eigenvalue weighted by molar-refractivity contribution is 5.56. The molecular formula is C12H16FNO. The fourth-order valence-electron chi connectivity index (χ4n) is 1.09. The topological polar surface area (TPSA) is 21.6 Å². The molecule has 3 heteroatoms. The van der Waals surface area contributed by atoms with Gasteiger partial charge in [-0.15, -0.1) is 0 Å². The molecule has 0 radical (unpaired) electrons. The fourth-order valence-corrected chi connectivity index (χ4v) is 1.09. The van der Waals surface area contributed by atoms with Crippen LogP contribution in [0.25, 0.3) is 0 Å². The Balaban J connectivity index is 2.20. The highest BCUT2D eigenvalue weighted by Crippen LogP contribution is 2.04. The second kappa shape index (κ2) is 6.98. The van der Waals surface area contributed by atoms with Crippen LogP contribution in [0, 0.1) is 5.82 Å². The molecule has 0 aromatic heterocycles. The Morgan fingerprint density at radius 3 is 2.73 bits per heavy atom. The smallest absolute Gasteiger partial charge is 0.142 e. The van der Waals surface area contributed by atoms with E-state index in [-0.39, 0.29) is 5.82 Å². The van der Waals surface area contributed by atoms with Crippen LogP contribution in [0.4, 0.5) is 4.39 Å². The maximum atomic E-state index is 12.5. The maximum absolute atomic E-state index is 12.5. The van der Waals surface area contributed by atoms with Crippen LogP contribution in [-0.4, -0.2) is 6.21 Å². The normalized spacial score (nSPS) is 10.8. The van der Waals surface area contributed by atoms with Gasteiger partial charge < -0.3 is 4.84 Å². The summed E-state index contributed by atoms with van der Waals surface area (Å²) in [5.74, 6) is -0.231. The van der Waals surface area contributed by atoms with Crippen molar-refractivity contribution in [1.29, 1.82) is 0 Å². The van der Waals surface area contributed by atoms with Crippen LogP contribution in [0.3, 0.4) is 0 Å². The van der Waals surface area contributed by atoms with Crippen LogP contribution < -0.4 is 0 Å². The van der Waals surface area contributed by atoms with Crippen molar-refractivity contribution >= 4 is 6.21 Å². The highest BCUT2D eigenvalue weighted by Gasteiger charge is 1.92. The summed E-state index contributed by atoms with van der Waals surface area (Å²) in [7, 11) is 0. The summed E-state index contributed by atoms with van der Waals surface area (Å²) in [6, 6.07) is 6.22. The van der Waals surface area contributed by atoms with Gasteiger partial charge in [-0.25, -0.2) is 4.39 Å². The van der Waals surface area contributed by atoms with Crippen molar-refractivity contribution < 1.29 is 9.23 Å². The lowest BCUT2D eigenvalue weighted by atomic mass is 10.2. The quantitative estimate of drug-likeness (QED) is 0.399. The lowest BCUT2D eigenvalue weighted by Gasteiger charge is -1.98. The van der Waals surface area contributed by atoms with Gasteiger partial charge in [0.05, 0.1) is 0 Å².